The molecule has 1 N–H and O–H groups in total. The van der Waals surface area contributed by atoms with Crippen LogP contribution in [0.2, 0.25) is 0 Å². The number of hydrogen-bond acceptors (Lipinski definition) is 3. The number of amides is 1. The minimum Gasteiger partial charge on any atom is -0.372 e. The Kier molecular flexibility index (Phi) is 8.75. The number of ketones is 1. The van der Waals surface area contributed by atoms with Crippen LogP contribution in [0, 0.1) is 5.92 Å². The van der Waals surface area contributed by atoms with E-state index in [1.807, 2.05) is 86.6 Å². The van der Waals surface area contributed by atoms with Gasteiger partial charge in [-0.1, -0.05) is 97.1 Å². The molecule has 1 saturated heterocycles. The van der Waals surface area contributed by atoms with Crippen LogP contribution in [0.1, 0.15) is 54.1 Å². The highest BCUT2D eigenvalue weighted by Crippen LogP contribution is 2.35. The maximum atomic E-state index is 13.3. The van der Waals surface area contributed by atoms with Crippen molar-refractivity contribution < 1.29 is 9.59 Å². The summed E-state index contributed by atoms with van der Waals surface area (Å²) in [4.78, 5) is 28.9. The van der Waals surface area contributed by atoms with Crippen molar-refractivity contribution in [1.82, 2.24) is 5.32 Å². The maximum absolute atomic E-state index is 13.3. The Balaban J connectivity index is 1.23. The third-order valence-corrected chi connectivity index (χ3v) is 7.86. The normalized spacial score (nSPS) is 14.6. The van der Waals surface area contributed by atoms with Crippen LogP contribution in [0.15, 0.2) is 109 Å². The van der Waals surface area contributed by atoms with Gasteiger partial charge in [0.1, 0.15) is 0 Å². The van der Waals surface area contributed by atoms with Crippen molar-refractivity contribution in [2.75, 3.05) is 18.0 Å². The van der Waals surface area contributed by atoms with Crippen LogP contribution in [-0.4, -0.2) is 30.8 Å². The van der Waals surface area contributed by atoms with Crippen molar-refractivity contribution in [3.63, 3.8) is 0 Å². The van der Waals surface area contributed by atoms with Crippen LogP contribution in [0.4, 0.5) is 5.69 Å². The van der Waals surface area contributed by atoms with Gasteiger partial charge in [0.05, 0.1) is 5.92 Å². The Labute approximate surface area is 238 Å². The lowest BCUT2D eigenvalue weighted by Gasteiger charge is -2.37. The summed E-state index contributed by atoms with van der Waals surface area (Å²) in [5, 5.41) is 3.15. The van der Waals surface area contributed by atoms with Gasteiger partial charge in [-0.2, -0.15) is 0 Å². The summed E-state index contributed by atoms with van der Waals surface area (Å²) in [5.41, 5.74) is 6.07. The highest BCUT2D eigenvalue weighted by atomic mass is 16.2. The SMILES string of the molecule is CC(C)NC(=O)C(c1ccccc1)C1CCN(c2ccc(CC(=O)c3ccccc3-c3ccccc3)cc2)CC1. The Morgan fingerprint density at radius 2 is 1.38 bits per heavy atom. The topological polar surface area (TPSA) is 49.4 Å². The van der Waals surface area contributed by atoms with Gasteiger partial charge in [-0.05, 0) is 67.0 Å². The predicted molar refractivity (Wildman–Crippen MR) is 164 cm³/mol. The van der Waals surface area contributed by atoms with E-state index in [-0.39, 0.29) is 23.7 Å². The number of nitrogens with one attached hydrogen (secondary N) is 1. The first-order chi connectivity index (χ1) is 19.5. The molecule has 0 bridgehead atoms. The summed E-state index contributed by atoms with van der Waals surface area (Å²) in [6, 6.07) is 36.7. The molecule has 1 fully saturated rings. The van der Waals surface area contributed by atoms with E-state index in [2.05, 4.69) is 46.6 Å². The lowest BCUT2D eigenvalue weighted by Crippen LogP contribution is -2.42. The van der Waals surface area contributed by atoms with Gasteiger partial charge in [0.25, 0.3) is 0 Å². The summed E-state index contributed by atoms with van der Waals surface area (Å²) in [6.07, 6.45) is 2.29. The number of piperidine rings is 1. The number of anilines is 1. The molecule has 0 aromatic heterocycles. The second-order valence-electron chi connectivity index (χ2n) is 11.1. The molecule has 1 atom stereocenters. The van der Waals surface area contributed by atoms with Crippen molar-refractivity contribution in [3.05, 3.63) is 126 Å². The second kappa shape index (κ2) is 12.8. The van der Waals surface area contributed by atoms with Crippen LogP contribution >= 0.6 is 0 Å². The Bertz CT molecular complexity index is 1410. The van der Waals surface area contributed by atoms with E-state index in [0.717, 1.165) is 53.7 Å². The standard InChI is InChI=1S/C36H38N2O2/c1-26(2)37-36(40)35(29-13-7-4-8-14-29)30-21-23-38(24-22-30)31-19-17-27(18-20-31)25-34(39)33-16-10-9-15-32(33)28-11-5-3-6-12-28/h3-20,26,30,35H,21-25H2,1-2H3,(H,37,40). The Hall–Kier alpha value is -4.18. The first-order valence-electron chi connectivity index (χ1n) is 14.4. The third-order valence-electron chi connectivity index (χ3n) is 7.86. The van der Waals surface area contributed by atoms with Crippen molar-refractivity contribution >= 4 is 17.4 Å². The first-order valence-corrected chi connectivity index (χ1v) is 14.4. The van der Waals surface area contributed by atoms with Gasteiger partial charge in [-0.15, -0.1) is 0 Å². The average molecular weight is 531 g/mol. The second-order valence-corrected chi connectivity index (χ2v) is 11.1. The van der Waals surface area contributed by atoms with Crippen LogP contribution in [0.25, 0.3) is 11.1 Å². The molecule has 0 spiro atoms. The monoisotopic (exact) mass is 530 g/mol. The molecule has 204 valence electrons. The van der Waals surface area contributed by atoms with Crippen molar-refractivity contribution in [2.24, 2.45) is 5.92 Å². The van der Waals surface area contributed by atoms with E-state index in [9.17, 15) is 9.59 Å². The van der Waals surface area contributed by atoms with Crippen LogP contribution < -0.4 is 10.2 Å². The van der Waals surface area contributed by atoms with Crippen molar-refractivity contribution in [3.8, 4) is 11.1 Å². The largest absolute Gasteiger partial charge is 0.372 e. The quantitative estimate of drug-likeness (QED) is 0.231. The summed E-state index contributed by atoms with van der Waals surface area (Å²) in [7, 11) is 0. The van der Waals surface area contributed by atoms with E-state index < -0.39 is 0 Å². The van der Waals surface area contributed by atoms with Crippen molar-refractivity contribution in [2.45, 2.75) is 45.1 Å². The molecule has 1 unspecified atom stereocenters. The molecule has 4 aromatic carbocycles. The fraction of sp³-hybridized carbons (Fsp3) is 0.278. The highest BCUT2D eigenvalue weighted by Gasteiger charge is 2.33. The van der Waals surface area contributed by atoms with Crippen LogP contribution in [0.5, 0.6) is 0 Å². The number of Topliss-reactive ketones (excluding diaryl/α,β-unsaturated/α-hetero) is 1. The molecule has 4 aromatic rings. The number of benzene rings is 4. The highest BCUT2D eigenvalue weighted by molar-refractivity contribution is 6.03. The number of carbonyl (C=O) groups is 2. The predicted octanol–water partition coefficient (Wildman–Crippen LogP) is 7.30. The van der Waals surface area contributed by atoms with E-state index in [4.69, 9.17) is 0 Å². The molecule has 1 amide bonds. The fourth-order valence-electron chi connectivity index (χ4n) is 5.86. The third kappa shape index (κ3) is 6.51. The molecular formula is C36H38N2O2. The zero-order valence-corrected chi connectivity index (χ0v) is 23.4. The molecule has 1 heterocycles. The molecule has 0 saturated carbocycles. The van der Waals surface area contributed by atoms with E-state index in [1.54, 1.807) is 0 Å². The van der Waals surface area contributed by atoms with Crippen LogP contribution in [-0.2, 0) is 11.2 Å². The fourth-order valence-corrected chi connectivity index (χ4v) is 5.86. The van der Waals surface area contributed by atoms with Gasteiger partial charge in [0, 0.05) is 36.8 Å². The molecule has 4 nitrogen and oxygen atoms in total. The van der Waals surface area contributed by atoms with Gasteiger partial charge >= 0.3 is 0 Å². The van der Waals surface area contributed by atoms with Gasteiger partial charge in [0.2, 0.25) is 5.91 Å². The molecule has 1 aliphatic rings. The van der Waals surface area contributed by atoms with Crippen molar-refractivity contribution in [1.29, 1.82) is 0 Å². The first kappa shape index (κ1) is 27.4. The number of hydrogen-bond donors (Lipinski definition) is 1. The van der Waals surface area contributed by atoms with Gasteiger partial charge in [-0.25, -0.2) is 0 Å². The van der Waals surface area contributed by atoms with E-state index in [0.29, 0.717) is 12.3 Å². The minimum atomic E-state index is -0.127. The number of carbonyl (C=O) groups excluding carboxylic acids is 2. The number of rotatable bonds is 9. The molecule has 0 aliphatic carbocycles. The average Bonchev–Trinajstić information content (AvgIpc) is 2.99. The molecule has 40 heavy (non-hydrogen) atoms. The summed E-state index contributed by atoms with van der Waals surface area (Å²) < 4.78 is 0. The lowest BCUT2D eigenvalue weighted by molar-refractivity contribution is -0.124. The summed E-state index contributed by atoms with van der Waals surface area (Å²) in [5.74, 6) is 0.430. The molecular weight excluding hydrogens is 492 g/mol. The maximum Gasteiger partial charge on any atom is 0.228 e. The molecule has 5 rings (SSSR count). The van der Waals surface area contributed by atoms with Gasteiger partial charge < -0.3 is 10.2 Å². The summed E-state index contributed by atoms with van der Waals surface area (Å²) in [6.45, 7) is 5.85. The molecule has 1 aliphatic heterocycles. The van der Waals surface area contributed by atoms with Gasteiger partial charge in [0.15, 0.2) is 5.78 Å². The zero-order valence-electron chi connectivity index (χ0n) is 23.4. The van der Waals surface area contributed by atoms with E-state index >= 15 is 0 Å². The van der Waals surface area contributed by atoms with Crippen LogP contribution in [0.3, 0.4) is 0 Å². The zero-order chi connectivity index (χ0) is 27.9. The Morgan fingerprint density at radius 1 is 0.775 bits per heavy atom. The van der Waals surface area contributed by atoms with Gasteiger partial charge in [-0.3, -0.25) is 9.59 Å². The van der Waals surface area contributed by atoms with E-state index in [1.165, 1.54) is 5.69 Å². The molecule has 4 heteroatoms. The smallest absolute Gasteiger partial charge is 0.228 e. The summed E-state index contributed by atoms with van der Waals surface area (Å²) >= 11 is 0. The number of nitrogens with zero attached hydrogens (tertiary/aromatic N) is 1. The lowest BCUT2D eigenvalue weighted by atomic mass is 9.79. The minimum absolute atomic E-state index is 0.121. The Morgan fingerprint density at radius 3 is 2.02 bits per heavy atom. The molecule has 0 radical (unpaired) electrons.